The zero-order chi connectivity index (χ0) is 14.0. The summed E-state index contributed by atoms with van der Waals surface area (Å²) in [5, 5.41) is 9.25. The van der Waals surface area contributed by atoms with E-state index in [0.717, 1.165) is 0 Å². The van der Waals surface area contributed by atoms with Gasteiger partial charge < -0.3 is 0 Å². The van der Waals surface area contributed by atoms with Crippen molar-refractivity contribution >= 4 is 10.0 Å². The molecule has 1 heterocycles. The molecule has 0 saturated carbocycles. The van der Waals surface area contributed by atoms with Crippen molar-refractivity contribution in [2.45, 2.75) is 38.0 Å². The van der Waals surface area contributed by atoms with Gasteiger partial charge in [0, 0.05) is 6.20 Å². The van der Waals surface area contributed by atoms with Crippen molar-refractivity contribution in [3.8, 4) is 6.07 Å². The number of hydrogen-bond acceptors (Lipinski definition) is 4. The van der Waals surface area contributed by atoms with Crippen LogP contribution in [0.2, 0.25) is 0 Å². The Morgan fingerprint density at radius 1 is 1.28 bits per heavy atom. The Labute approximate surface area is 108 Å². The van der Waals surface area contributed by atoms with Crippen LogP contribution in [0.15, 0.2) is 24.4 Å². The minimum Gasteiger partial charge on any atom is -0.258 e. The molecule has 0 amide bonds. The van der Waals surface area contributed by atoms with Gasteiger partial charge in [0.1, 0.15) is 0 Å². The van der Waals surface area contributed by atoms with Gasteiger partial charge in [-0.3, -0.25) is 4.98 Å². The summed E-state index contributed by atoms with van der Waals surface area (Å²) in [5.74, 6) is 0. The highest BCUT2D eigenvalue weighted by molar-refractivity contribution is 7.90. The Hall–Kier alpha value is -1.45. The molecule has 1 unspecified atom stereocenters. The van der Waals surface area contributed by atoms with Gasteiger partial charge in [0.2, 0.25) is 10.0 Å². The Kier molecular flexibility index (Phi) is 3.79. The quantitative estimate of drug-likeness (QED) is 0.900. The van der Waals surface area contributed by atoms with Gasteiger partial charge in [0.05, 0.1) is 16.5 Å². The van der Waals surface area contributed by atoms with Crippen LogP contribution < -0.4 is 4.72 Å². The molecule has 1 aromatic heterocycles. The van der Waals surface area contributed by atoms with Crippen molar-refractivity contribution in [1.82, 2.24) is 9.71 Å². The summed E-state index contributed by atoms with van der Waals surface area (Å²) in [6, 6.07) is 7.01. The molecule has 1 rings (SSSR count). The van der Waals surface area contributed by atoms with E-state index in [4.69, 9.17) is 0 Å². The van der Waals surface area contributed by atoms with Crippen LogP contribution in [0.4, 0.5) is 0 Å². The predicted octanol–water partition coefficient (Wildman–Crippen LogP) is 1.54. The number of aromatic nitrogens is 1. The molecule has 5 nitrogen and oxygen atoms in total. The average molecular weight is 267 g/mol. The predicted molar refractivity (Wildman–Crippen MR) is 69.0 cm³/mol. The number of hydrogen-bond donors (Lipinski definition) is 1. The molecule has 0 aliphatic carbocycles. The van der Waals surface area contributed by atoms with Crippen LogP contribution in [0.3, 0.4) is 0 Å². The third-order valence-electron chi connectivity index (χ3n) is 2.55. The summed E-state index contributed by atoms with van der Waals surface area (Å²) < 4.78 is 25.7. The summed E-state index contributed by atoms with van der Waals surface area (Å²) in [6.45, 7) is 6.22. The van der Waals surface area contributed by atoms with Crippen molar-refractivity contribution in [3.63, 3.8) is 0 Å². The van der Waals surface area contributed by atoms with Gasteiger partial charge in [-0.05, 0) is 39.8 Å². The molecule has 18 heavy (non-hydrogen) atoms. The molecule has 0 radical (unpaired) electrons. The monoisotopic (exact) mass is 267 g/mol. The molecule has 0 spiro atoms. The van der Waals surface area contributed by atoms with E-state index in [-0.39, 0.29) is 0 Å². The Balaban J connectivity index is 3.19. The number of sulfonamides is 1. The second-order valence-electron chi connectivity index (χ2n) is 5.17. The standard InChI is InChI=1S/C12H17N3O2S/c1-11(2,3)18(16,17)15-12(4,9-13)10-7-5-6-8-14-10/h5-8,15H,1-4H3. The molecule has 0 saturated heterocycles. The maximum Gasteiger partial charge on any atom is 0.218 e. The Morgan fingerprint density at radius 2 is 1.89 bits per heavy atom. The summed E-state index contributed by atoms with van der Waals surface area (Å²) in [7, 11) is -3.63. The molecular formula is C12H17N3O2S. The topological polar surface area (TPSA) is 82.9 Å². The van der Waals surface area contributed by atoms with Crippen LogP contribution in [0.25, 0.3) is 0 Å². The highest BCUT2D eigenvalue weighted by Crippen LogP contribution is 2.23. The van der Waals surface area contributed by atoms with Gasteiger partial charge in [-0.25, -0.2) is 8.42 Å². The molecule has 0 aliphatic heterocycles. The van der Waals surface area contributed by atoms with Gasteiger partial charge in [0.15, 0.2) is 5.54 Å². The smallest absolute Gasteiger partial charge is 0.218 e. The third kappa shape index (κ3) is 2.86. The van der Waals surface area contributed by atoms with Gasteiger partial charge in [-0.2, -0.15) is 9.98 Å². The van der Waals surface area contributed by atoms with Gasteiger partial charge in [-0.15, -0.1) is 0 Å². The largest absolute Gasteiger partial charge is 0.258 e. The zero-order valence-corrected chi connectivity index (χ0v) is 11.7. The van der Waals surface area contributed by atoms with E-state index in [0.29, 0.717) is 5.69 Å². The summed E-state index contributed by atoms with van der Waals surface area (Å²) in [6.07, 6.45) is 1.52. The fourth-order valence-corrected chi connectivity index (χ4v) is 2.21. The molecule has 1 aromatic rings. The fourth-order valence-electron chi connectivity index (χ4n) is 1.21. The summed E-state index contributed by atoms with van der Waals surface area (Å²) in [4.78, 5) is 4.04. The van der Waals surface area contributed by atoms with E-state index in [1.54, 1.807) is 39.0 Å². The van der Waals surface area contributed by atoms with E-state index < -0.39 is 20.3 Å². The highest BCUT2D eigenvalue weighted by atomic mass is 32.2. The maximum atomic E-state index is 12.1. The lowest BCUT2D eigenvalue weighted by Crippen LogP contribution is -2.49. The SMILES string of the molecule is CC(C#N)(NS(=O)(=O)C(C)(C)C)c1ccccn1. The van der Waals surface area contributed by atoms with E-state index in [9.17, 15) is 13.7 Å². The lowest BCUT2D eigenvalue weighted by atomic mass is 10.0. The molecule has 0 bridgehead atoms. The Morgan fingerprint density at radius 3 is 2.28 bits per heavy atom. The molecule has 0 aromatic carbocycles. The van der Waals surface area contributed by atoms with Gasteiger partial charge >= 0.3 is 0 Å². The number of nitrogens with one attached hydrogen (secondary N) is 1. The second-order valence-corrected chi connectivity index (χ2v) is 7.61. The number of nitrogens with zero attached hydrogens (tertiary/aromatic N) is 2. The Bertz CT molecular complexity index is 555. The second kappa shape index (κ2) is 4.67. The van der Waals surface area contributed by atoms with E-state index in [2.05, 4.69) is 9.71 Å². The van der Waals surface area contributed by atoms with Crippen LogP contribution in [0.5, 0.6) is 0 Å². The molecule has 0 fully saturated rings. The zero-order valence-electron chi connectivity index (χ0n) is 10.9. The number of nitriles is 1. The lowest BCUT2D eigenvalue weighted by Gasteiger charge is -2.28. The van der Waals surface area contributed by atoms with Crippen molar-refractivity contribution in [1.29, 1.82) is 5.26 Å². The molecule has 6 heteroatoms. The summed E-state index contributed by atoms with van der Waals surface area (Å²) >= 11 is 0. The van der Waals surface area contributed by atoms with Crippen LogP contribution in [0, 0.1) is 11.3 Å². The van der Waals surface area contributed by atoms with E-state index >= 15 is 0 Å². The van der Waals surface area contributed by atoms with Crippen LogP contribution in [-0.2, 0) is 15.6 Å². The fraction of sp³-hybridized carbons (Fsp3) is 0.500. The summed E-state index contributed by atoms with van der Waals surface area (Å²) in [5.41, 5.74) is -0.992. The normalized spacial score (nSPS) is 15.7. The van der Waals surface area contributed by atoms with Gasteiger partial charge in [0.25, 0.3) is 0 Å². The molecule has 1 atom stereocenters. The minimum atomic E-state index is -3.63. The molecule has 1 N–H and O–H groups in total. The van der Waals surface area contributed by atoms with Crippen LogP contribution in [-0.4, -0.2) is 18.1 Å². The van der Waals surface area contributed by atoms with Crippen molar-refractivity contribution < 1.29 is 8.42 Å². The highest BCUT2D eigenvalue weighted by Gasteiger charge is 2.38. The average Bonchev–Trinajstić information content (AvgIpc) is 2.28. The first-order chi connectivity index (χ1) is 8.12. The van der Waals surface area contributed by atoms with Crippen LogP contribution >= 0.6 is 0 Å². The first-order valence-electron chi connectivity index (χ1n) is 5.49. The first-order valence-corrected chi connectivity index (χ1v) is 6.97. The minimum absolute atomic E-state index is 0.375. The molecule has 98 valence electrons. The lowest BCUT2D eigenvalue weighted by molar-refractivity contribution is 0.491. The van der Waals surface area contributed by atoms with Crippen LogP contribution in [0.1, 0.15) is 33.4 Å². The van der Waals surface area contributed by atoms with Gasteiger partial charge in [-0.1, -0.05) is 6.07 Å². The molecular weight excluding hydrogens is 250 g/mol. The molecule has 0 aliphatic rings. The number of rotatable bonds is 3. The third-order valence-corrected chi connectivity index (χ3v) is 4.83. The maximum absolute atomic E-state index is 12.1. The number of pyridine rings is 1. The van der Waals surface area contributed by atoms with Crippen molar-refractivity contribution in [3.05, 3.63) is 30.1 Å². The van der Waals surface area contributed by atoms with Crippen molar-refractivity contribution in [2.75, 3.05) is 0 Å². The van der Waals surface area contributed by atoms with E-state index in [1.807, 2.05) is 6.07 Å². The van der Waals surface area contributed by atoms with E-state index in [1.165, 1.54) is 13.1 Å². The van der Waals surface area contributed by atoms with Crippen molar-refractivity contribution in [2.24, 2.45) is 0 Å². The first kappa shape index (κ1) is 14.6.